The molecule has 2 aliphatic heterocycles. The Hall–Kier alpha value is -7.88. The summed E-state index contributed by atoms with van der Waals surface area (Å²) in [6.45, 7) is 38.7. The van der Waals surface area contributed by atoms with Gasteiger partial charge in [0.15, 0.2) is 36.9 Å². The lowest BCUT2D eigenvalue weighted by molar-refractivity contribution is -0.0100. The van der Waals surface area contributed by atoms with Gasteiger partial charge >= 0.3 is 0 Å². The van der Waals surface area contributed by atoms with Crippen LogP contribution in [0.3, 0.4) is 0 Å². The van der Waals surface area contributed by atoms with Gasteiger partial charge in [-0.3, -0.25) is 0 Å². The lowest BCUT2D eigenvalue weighted by Crippen LogP contribution is -2.21. The molecule has 2 N–H and O–H groups in total. The first-order chi connectivity index (χ1) is 70.8. The van der Waals surface area contributed by atoms with E-state index in [2.05, 4.69) is 206 Å². The van der Waals surface area contributed by atoms with E-state index in [1.807, 2.05) is 0 Å². The standard InChI is InChI=1S/C132H202N8O6/c1-19-23-27-31-35-39-43-47-51-55-59-63-67-71-75-99-87-111-113(89-101(99)77-73-69-65-61-57-53-49-45-41-37-33-29-25-21-3)127-138-125(111)135-121-107-81-79-103(105-93-115(129(5,6)7)119(116(94-105)130(8,9)10)145-97-143-85-83-141-17)91-109(107)123(133-121)137-124-110-92-104(106-95-117(131(11,12)13)120(118(96-106)132(14,15)16)146-98-144-86-84-142-18)80-82-108(110)122(134-124)136-126-112-88-100(76-72-68-64-60-56-52-48-44-40-36-32-28-24-20-2)102(90-114(112)128(139-126)140-127)78-74-70-66-62-58-54-50-46-42-38-34-30-26-22-4/h79-82,87-96H,19-78,83-86,97-98H2,1-18H3,(H2,133,134,135,136,137,138,139,140). The summed E-state index contributed by atoms with van der Waals surface area (Å²) < 4.78 is 36.4. The molecule has 146 heavy (non-hydrogen) atoms. The maximum absolute atomic E-state index is 6.78. The van der Waals surface area contributed by atoms with Crippen molar-refractivity contribution in [2.24, 2.45) is 0 Å². The van der Waals surface area contributed by atoms with Crippen LogP contribution in [0.5, 0.6) is 11.5 Å². The number of nitrogens with zero attached hydrogens (tertiary/aromatic N) is 6. The zero-order valence-corrected chi connectivity index (χ0v) is 95.9. The fourth-order valence-electron chi connectivity index (χ4n) is 22.1. The number of ether oxygens (including phenoxy) is 6. The van der Waals surface area contributed by atoms with Gasteiger partial charge in [0.25, 0.3) is 0 Å². The van der Waals surface area contributed by atoms with Gasteiger partial charge in [0.05, 0.1) is 26.4 Å². The first-order valence-electron chi connectivity index (χ1n) is 60.1. The molecule has 0 fully saturated rings. The van der Waals surface area contributed by atoms with Crippen LogP contribution >= 0.6 is 0 Å². The van der Waals surface area contributed by atoms with Crippen LogP contribution < -0.4 is 9.47 Å². The number of nitrogens with one attached hydrogen (secondary N) is 2. The zero-order valence-electron chi connectivity index (χ0n) is 95.9. The highest BCUT2D eigenvalue weighted by Crippen LogP contribution is 2.49. The van der Waals surface area contributed by atoms with Crippen LogP contribution in [0.15, 0.2) is 84.9 Å². The Balaban J connectivity index is 1.10. The van der Waals surface area contributed by atoms with Gasteiger partial charge < -0.3 is 38.4 Å². The highest BCUT2D eigenvalue weighted by Gasteiger charge is 2.33. The maximum Gasteiger partial charge on any atom is 0.189 e. The number of hydrogen-bond donors (Lipinski definition) is 2. The summed E-state index contributed by atoms with van der Waals surface area (Å²) >= 11 is 0. The SMILES string of the molecule is CCCCCCCCCCCCCCCCc1cc2c(cc1CCCCCCCCCCCCCCCC)-c1nc-2nc2[nH]c(nc3nc(nc4[nH]c(n1)c1cc(CCCCCCCCCCCCCCCC)c(CCCCCCCCCCCCCCCC)cc41)-c1ccc(-c4cc(C(C)(C)C)c(OCOCCOC)c(C(C)(C)C)c4)cc1-3)c1cc(-c3cc(C(C)(C)C)c(OCOCCOC)c(C(C)(C)C)c3)ccc21. The molecular formula is C132H202N8O6. The van der Waals surface area contributed by atoms with Crippen LogP contribution in [0, 0.1) is 0 Å². The molecule has 0 saturated heterocycles. The summed E-state index contributed by atoms with van der Waals surface area (Å²) in [6, 6.07) is 33.1. The van der Waals surface area contributed by atoms with Gasteiger partial charge in [0.2, 0.25) is 0 Å². The number of aromatic nitrogens is 8. The summed E-state index contributed by atoms with van der Waals surface area (Å²) in [6.07, 6.45) is 78.9. The number of aryl methyl sites for hydroxylation is 4. The van der Waals surface area contributed by atoms with E-state index >= 15 is 0 Å². The summed E-state index contributed by atoms with van der Waals surface area (Å²) in [5.41, 5.74) is 19.8. The van der Waals surface area contributed by atoms with Crippen molar-refractivity contribution >= 4 is 44.1 Å². The Bertz CT molecular complexity index is 5420. The molecular weight excluding hydrogens is 1790 g/mol. The van der Waals surface area contributed by atoms with Crippen LogP contribution in [0.1, 0.15) is 515 Å². The summed E-state index contributed by atoms with van der Waals surface area (Å²) in [5, 5.41) is 3.97. The molecule has 0 spiro atoms. The molecule has 0 atom stereocenters. The molecule has 14 nitrogen and oxygen atoms in total. The van der Waals surface area contributed by atoms with Crippen molar-refractivity contribution in [2.45, 2.75) is 518 Å². The minimum Gasteiger partial charge on any atom is -0.467 e. The van der Waals surface area contributed by atoms with Crippen molar-refractivity contribution in [3.05, 3.63) is 129 Å². The Morgan fingerprint density at radius 3 is 0.726 bits per heavy atom. The monoisotopic (exact) mass is 2000 g/mol. The minimum absolute atomic E-state index is 0.110. The van der Waals surface area contributed by atoms with E-state index in [-0.39, 0.29) is 35.2 Å². The first kappa shape index (κ1) is 118. The quantitative estimate of drug-likeness (QED) is 0.0274. The van der Waals surface area contributed by atoms with E-state index in [9.17, 15) is 0 Å². The topological polar surface area (TPSA) is 164 Å². The van der Waals surface area contributed by atoms with Gasteiger partial charge in [-0.15, -0.1) is 0 Å². The van der Waals surface area contributed by atoms with Gasteiger partial charge in [-0.25, -0.2) is 29.9 Å². The summed E-state index contributed by atoms with van der Waals surface area (Å²) in [5.74, 6) is 4.19. The second-order valence-corrected chi connectivity index (χ2v) is 48.0. The average Bonchev–Trinajstić information content (AvgIpc) is 1.70. The highest BCUT2D eigenvalue weighted by atomic mass is 16.7. The van der Waals surface area contributed by atoms with E-state index in [0.29, 0.717) is 61.0 Å². The second kappa shape index (κ2) is 63.4. The van der Waals surface area contributed by atoms with Crippen molar-refractivity contribution in [3.8, 4) is 79.3 Å². The Labute approximate surface area is 887 Å². The third kappa shape index (κ3) is 37.9. The fraction of sp³-hybridized carbons (Fsp3) is 0.667. The number of rotatable bonds is 74. The lowest BCUT2D eigenvalue weighted by Gasteiger charge is -2.30. The van der Waals surface area contributed by atoms with E-state index in [4.69, 9.17) is 58.3 Å². The number of hydrogen-bond acceptors (Lipinski definition) is 12. The van der Waals surface area contributed by atoms with Crippen LogP contribution in [0.4, 0.5) is 0 Å². The van der Waals surface area contributed by atoms with Gasteiger partial charge in [-0.2, -0.15) is 0 Å². The molecule has 0 amide bonds. The van der Waals surface area contributed by atoms with Crippen molar-refractivity contribution in [3.63, 3.8) is 0 Å². The predicted molar refractivity (Wildman–Crippen MR) is 624 cm³/mol. The van der Waals surface area contributed by atoms with E-state index in [1.54, 1.807) is 14.2 Å². The molecule has 3 aromatic heterocycles. The minimum atomic E-state index is -0.303. The van der Waals surface area contributed by atoms with Crippen molar-refractivity contribution in [1.82, 2.24) is 39.9 Å². The number of benzene rings is 6. The Morgan fingerprint density at radius 2 is 0.452 bits per heavy atom. The number of aromatic amines is 2. The average molecular weight is 2000 g/mol. The zero-order chi connectivity index (χ0) is 104. The molecule has 2 aliphatic rings. The van der Waals surface area contributed by atoms with Crippen molar-refractivity contribution in [2.75, 3.05) is 54.2 Å². The Kier molecular flexibility index (Phi) is 51.4. The molecule has 8 bridgehead atoms. The second-order valence-electron chi connectivity index (χ2n) is 48.0. The number of unbranched alkanes of at least 4 members (excludes halogenated alkanes) is 52. The van der Waals surface area contributed by atoms with Crippen LogP contribution in [-0.4, -0.2) is 94.1 Å². The van der Waals surface area contributed by atoms with Crippen molar-refractivity contribution in [1.29, 1.82) is 0 Å². The molecule has 0 unspecified atom stereocenters. The number of methoxy groups -OCH3 is 2. The van der Waals surface area contributed by atoms with E-state index < -0.39 is 0 Å². The first-order valence-corrected chi connectivity index (χ1v) is 60.1. The smallest absolute Gasteiger partial charge is 0.189 e. The fourth-order valence-corrected chi connectivity index (χ4v) is 22.1. The largest absolute Gasteiger partial charge is 0.467 e. The molecule has 806 valence electrons. The normalized spacial score (nSPS) is 12.5. The van der Waals surface area contributed by atoms with Gasteiger partial charge in [0.1, 0.15) is 34.1 Å². The lowest BCUT2D eigenvalue weighted by atomic mass is 9.77. The van der Waals surface area contributed by atoms with Gasteiger partial charge in [-0.05, 0) is 190 Å². The third-order valence-corrected chi connectivity index (χ3v) is 31.2. The van der Waals surface area contributed by atoms with Crippen LogP contribution in [0.2, 0.25) is 0 Å². The molecule has 5 heterocycles. The number of H-pyrrole nitrogens is 2. The molecule has 0 radical (unpaired) electrons. The van der Waals surface area contributed by atoms with Crippen molar-refractivity contribution < 1.29 is 28.4 Å². The molecule has 0 aliphatic carbocycles. The maximum atomic E-state index is 6.78. The molecule has 0 saturated carbocycles. The molecule has 6 aromatic carbocycles. The van der Waals surface area contributed by atoms with E-state index in [0.717, 1.165) is 162 Å². The number of fused-ring (bicyclic) bond motifs is 20. The highest BCUT2D eigenvalue weighted by molar-refractivity contribution is 6.08. The van der Waals surface area contributed by atoms with Gasteiger partial charge in [0, 0.05) is 80.3 Å². The molecule has 11 rings (SSSR count). The molecule has 9 aromatic rings. The summed E-state index contributed by atoms with van der Waals surface area (Å²) in [7, 11) is 3.40. The van der Waals surface area contributed by atoms with Gasteiger partial charge in [-0.1, -0.05) is 457 Å². The Morgan fingerprint density at radius 1 is 0.219 bits per heavy atom. The molecule has 14 heteroatoms. The third-order valence-electron chi connectivity index (χ3n) is 31.2. The van der Waals surface area contributed by atoms with E-state index in [1.165, 1.54) is 356 Å². The predicted octanol–water partition coefficient (Wildman–Crippen LogP) is 39.5. The van der Waals surface area contributed by atoms with Crippen LogP contribution in [-0.2, 0) is 66.3 Å². The summed E-state index contributed by atoms with van der Waals surface area (Å²) in [4.78, 5) is 43.5. The van der Waals surface area contributed by atoms with Crippen LogP contribution in [0.25, 0.3) is 112 Å².